The van der Waals surface area contributed by atoms with Crippen molar-refractivity contribution < 1.29 is 33.3 Å². The lowest BCUT2D eigenvalue weighted by atomic mass is 9.56. The molecule has 7 nitrogen and oxygen atoms in total. The molecule has 4 aliphatic rings. The van der Waals surface area contributed by atoms with Crippen molar-refractivity contribution in [1.82, 2.24) is 0 Å². The largest absolute Gasteiger partial charge is 0.463 e. The zero-order valence-corrected chi connectivity index (χ0v) is 15.5. The number of ether oxygens (including phenoxy) is 4. The minimum Gasteiger partial charge on any atom is -0.463 e. The van der Waals surface area contributed by atoms with Crippen LogP contribution in [-0.2, 0) is 33.3 Å². The van der Waals surface area contributed by atoms with Crippen LogP contribution in [0.3, 0.4) is 0 Å². The van der Waals surface area contributed by atoms with Gasteiger partial charge in [0.15, 0.2) is 17.0 Å². The topological polar surface area (TPSA) is 94.7 Å². The first kappa shape index (κ1) is 17.7. The zero-order chi connectivity index (χ0) is 18.9. The molecule has 1 saturated carbocycles. The second-order valence-corrected chi connectivity index (χ2v) is 8.09. The van der Waals surface area contributed by atoms with Gasteiger partial charge in [-0.05, 0) is 18.9 Å². The third kappa shape index (κ3) is 2.16. The molecule has 0 aromatic carbocycles. The van der Waals surface area contributed by atoms with Gasteiger partial charge in [-0.15, -0.1) is 0 Å². The highest BCUT2D eigenvalue weighted by atomic mass is 16.7. The van der Waals surface area contributed by atoms with Crippen LogP contribution >= 0.6 is 0 Å². The summed E-state index contributed by atoms with van der Waals surface area (Å²) in [5, 5.41) is 0. The standard InChI is InChI=1S/C19H24O7/c1-10-14(25-12(3)21)6-5-13-7-15(22)19(16(26-19)17(10,13)4)18(9-24-18)8-23-11(2)20/h7,10,14,16H,5-6,8-9H2,1-4H3/t10-,14+,16+,17+,18?,19-/m0/s1. The molecule has 0 aromatic heterocycles. The maximum absolute atomic E-state index is 12.9. The average Bonchev–Trinajstić information content (AvgIpc) is 3.44. The lowest BCUT2D eigenvalue weighted by molar-refractivity contribution is -0.153. The first-order valence-corrected chi connectivity index (χ1v) is 9.05. The Morgan fingerprint density at radius 2 is 2.00 bits per heavy atom. The number of rotatable bonds is 4. The molecule has 4 rings (SSSR count). The van der Waals surface area contributed by atoms with Gasteiger partial charge >= 0.3 is 11.9 Å². The smallest absolute Gasteiger partial charge is 0.302 e. The average molecular weight is 364 g/mol. The lowest BCUT2D eigenvalue weighted by Gasteiger charge is -2.47. The Kier molecular flexibility index (Phi) is 3.66. The van der Waals surface area contributed by atoms with Gasteiger partial charge in [-0.2, -0.15) is 0 Å². The first-order chi connectivity index (χ1) is 12.2. The molecule has 142 valence electrons. The Labute approximate surface area is 152 Å². The molecular weight excluding hydrogens is 340 g/mol. The lowest BCUT2D eigenvalue weighted by Crippen LogP contribution is -2.56. The van der Waals surface area contributed by atoms with Gasteiger partial charge in [-0.25, -0.2) is 0 Å². The normalized spacial score (nSPS) is 45.8. The molecule has 6 atom stereocenters. The van der Waals surface area contributed by atoms with Gasteiger partial charge in [0, 0.05) is 25.2 Å². The van der Waals surface area contributed by atoms with E-state index >= 15 is 0 Å². The van der Waals surface area contributed by atoms with Crippen LogP contribution in [0.4, 0.5) is 0 Å². The molecule has 0 radical (unpaired) electrons. The Morgan fingerprint density at radius 1 is 1.31 bits per heavy atom. The van der Waals surface area contributed by atoms with Gasteiger partial charge in [0.25, 0.3) is 0 Å². The summed E-state index contributed by atoms with van der Waals surface area (Å²) < 4.78 is 22.4. The fraction of sp³-hybridized carbons (Fsp3) is 0.737. The minimum absolute atomic E-state index is 0.00380. The number of ketones is 1. The SMILES string of the molecule is CC(=O)OCC1([C@@]23O[C@@H]2[C@@]2(C)C(=CC3=O)CC[C@@H](OC(C)=O)[C@@H]2C)CO1. The van der Waals surface area contributed by atoms with Crippen LogP contribution in [-0.4, -0.2) is 54.3 Å². The Bertz CT molecular complexity index is 721. The maximum atomic E-state index is 12.9. The number of carbonyl (C=O) groups excluding carboxylic acids is 3. The van der Waals surface area contributed by atoms with E-state index in [9.17, 15) is 14.4 Å². The van der Waals surface area contributed by atoms with Crippen molar-refractivity contribution in [3.05, 3.63) is 11.6 Å². The molecule has 3 fully saturated rings. The molecular formula is C19H24O7. The number of fused-ring (bicyclic) bond motifs is 3. The van der Waals surface area contributed by atoms with Crippen LogP contribution in [0.25, 0.3) is 0 Å². The van der Waals surface area contributed by atoms with Crippen molar-refractivity contribution in [1.29, 1.82) is 0 Å². The van der Waals surface area contributed by atoms with Crippen molar-refractivity contribution in [2.45, 2.75) is 63.9 Å². The Balaban J connectivity index is 1.66. The monoisotopic (exact) mass is 364 g/mol. The summed E-state index contributed by atoms with van der Waals surface area (Å²) in [5.41, 5.74) is -1.39. The molecule has 2 aliphatic heterocycles. The van der Waals surface area contributed by atoms with Gasteiger partial charge in [0.1, 0.15) is 18.8 Å². The summed E-state index contributed by atoms with van der Waals surface area (Å²) in [7, 11) is 0. The summed E-state index contributed by atoms with van der Waals surface area (Å²) >= 11 is 0. The molecule has 0 N–H and O–H groups in total. The fourth-order valence-electron chi connectivity index (χ4n) is 4.94. The van der Waals surface area contributed by atoms with E-state index in [0.717, 1.165) is 5.57 Å². The third-order valence-corrected chi connectivity index (χ3v) is 6.72. The van der Waals surface area contributed by atoms with Gasteiger partial charge < -0.3 is 18.9 Å². The molecule has 0 amide bonds. The van der Waals surface area contributed by atoms with Crippen LogP contribution in [0.5, 0.6) is 0 Å². The summed E-state index contributed by atoms with van der Waals surface area (Å²) in [6.07, 6.45) is 2.49. The quantitative estimate of drug-likeness (QED) is 0.549. The van der Waals surface area contributed by atoms with E-state index in [1.165, 1.54) is 13.8 Å². The van der Waals surface area contributed by atoms with Crippen molar-refractivity contribution in [3.63, 3.8) is 0 Å². The highest BCUT2D eigenvalue weighted by molar-refractivity contribution is 6.04. The molecule has 0 aromatic rings. The molecule has 2 heterocycles. The predicted molar refractivity (Wildman–Crippen MR) is 88.1 cm³/mol. The van der Waals surface area contributed by atoms with Crippen molar-refractivity contribution in [2.75, 3.05) is 13.2 Å². The van der Waals surface area contributed by atoms with E-state index in [1.807, 2.05) is 6.92 Å². The molecule has 2 saturated heterocycles. The van der Waals surface area contributed by atoms with Crippen LogP contribution in [0, 0.1) is 11.3 Å². The van der Waals surface area contributed by atoms with E-state index in [0.29, 0.717) is 19.4 Å². The van der Waals surface area contributed by atoms with Crippen LogP contribution in [0.15, 0.2) is 11.6 Å². The molecule has 2 aliphatic carbocycles. The summed E-state index contributed by atoms with van der Waals surface area (Å²) in [4.78, 5) is 35.6. The van der Waals surface area contributed by atoms with Crippen molar-refractivity contribution >= 4 is 17.7 Å². The van der Waals surface area contributed by atoms with Gasteiger partial charge in [-0.3, -0.25) is 14.4 Å². The van der Waals surface area contributed by atoms with E-state index in [4.69, 9.17) is 18.9 Å². The Hall–Kier alpha value is -1.73. The number of esters is 2. The van der Waals surface area contributed by atoms with Crippen LogP contribution < -0.4 is 0 Å². The van der Waals surface area contributed by atoms with E-state index in [2.05, 4.69) is 6.92 Å². The van der Waals surface area contributed by atoms with Crippen LogP contribution in [0.1, 0.15) is 40.5 Å². The van der Waals surface area contributed by atoms with Crippen molar-refractivity contribution in [3.8, 4) is 0 Å². The predicted octanol–water partition coefficient (Wildman–Crippen LogP) is 1.33. The first-order valence-electron chi connectivity index (χ1n) is 9.05. The molecule has 0 spiro atoms. The molecule has 26 heavy (non-hydrogen) atoms. The number of hydrogen-bond donors (Lipinski definition) is 0. The van der Waals surface area contributed by atoms with Crippen molar-refractivity contribution in [2.24, 2.45) is 11.3 Å². The number of epoxide rings is 2. The Morgan fingerprint density at radius 3 is 2.58 bits per heavy atom. The van der Waals surface area contributed by atoms with E-state index in [-0.39, 0.29) is 36.5 Å². The highest BCUT2D eigenvalue weighted by Crippen LogP contribution is 2.67. The second-order valence-electron chi connectivity index (χ2n) is 8.09. The molecule has 7 heteroatoms. The third-order valence-electron chi connectivity index (χ3n) is 6.72. The van der Waals surface area contributed by atoms with E-state index < -0.39 is 22.6 Å². The molecule has 1 unspecified atom stereocenters. The maximum Gasteiger partial charge on any atom is 0.302 e. The number of hydrogen-bond acceptors (Lipinski definition) is 7. The van der Waals surface area contributed by atoms with Gasteiger partial charge in [0.2, 0.25) is 0 Å². The summed E-state index contributed by atoms with van der Waals surface area (Å²) in [5.74, 6) is -0.835. The minimum atomic E-state index is -1.10. The summed E-state index contributed by atoms with van der Waals surface area (Å²) in [6, 6.07) is 0. The number of carbonyl (C=O) groups is 3. The zero-order valence-electron chi connectivity index (χ0n) is 15.5. The van der Waals surface area contributed by atoms with Crippen LogP contribution in [0.2, 0.25) is 0 Å². The van der Waals surface area contributed by atoms with E-state index in [1.54, 1.807) is 6.08 Å². The molecule has 0 bridgehead atoms. The second kappa shape index (κ2) is 5.39. The summed E-state index contributed by atoms with van der Waals surface area (Å²) in [6.45, 7) is 7.17. The fourth-order valence-corrected chi connectivity index (χ4v) is 4.94. The van der Waals surface area contributed by atoms with Gasteiger partial charge in [0.05, 0.1) is 6.61 Å². The van der Waals surface area contributed by atoms with Gasteiger partial charge in [-0.1, -0.05) is 19.4 Å². The highest BCUT2D eigenvalue weighted by Gasteiger charge is 2.85.